The zero-order valence-electron chi connectivity index (χ0n) is 8.48. The molecule has 1 aromatic rings. The lowest BCUT2D eigenvalue weighted by Gasteiger charge is -2.10. The van der Waals surface area contributed by atoms with E-state index in [1.54, 1.807) is 18.2 Å². The van der Waals surface area contributed by atoms with Gasteiger partial charge in [0.1, 0.15) is 0 Å². The number of rotatable bonds is 4. The Bertz CT molecular complexity index is 431. The average Bonchev–Trinajstić information content (AvgIpc) is 2.17. The average molecular weight is 248 g/mol. The van der Waals surface area contributed by atoms with E-state index in [2.05, 4.69) is 0 Å². The third-order valence-electron chi connectivity index (χ3n) is 2.13. The van der Waals surface area contributed by atoms with Crippen molar-refractivity contribution >= 4 is 21.4 Å². The van der Waals surface area contributed by atoms with E-state index < -0.39 is 9.84 Å². The van der Waals surface area contributed by atoms with Gasteiger partial charge in [0.15, 0.2) is 9.84 Å². The van der Waals surface area contributed by atoms with E-state index in [4.69, 9.17) is 17.3 Å². The van der Waals surface area contributed by atoms with Crippen LogP contribution in [0.4, 0.5) is 0 Å². The summed E-state index contributed by atoms with van der Waals surface area (Å²) in [5.74, 6) is -0.0623. The molecule has 1 unspecified atom stereocenters. The van der Waals surface area contributed by atoms with Gasteiger partial charge in [-0.05, 0) is 18.6 Å². The molecule has 0 saturated carbocycles. The van der Waals surface area contributed by atoms with Gasteiger partial charge in [-0.1, -0.05) is 30.7 Å². The Hall–Kier alpha value is -0.580. The molecule has 0 aliphatic rings. The quantitative estimate of drug-likeness (QED) is 0.883. The topological polar surface area (TPSA) is 60.2 Å². The maximum atomic E-state index is 11.9. The van der Waals surface area contributed by atoms with Gasteiger partial charge in [-0.15, -0.1) is 0 Å². The third kappa shape index (κ3) is 3.19. The second-order valence-corrected chi connectivity index (χ2v) is 5.79. The van der Waals surface area contributed by atoms with E-state index in [1.807, 2.05) is 6.92 Å². The van der Waals surface area contributed by atoms with Crippen LogP contribution in [0.25, 0.3) is 0 Å². The van der Waals surface area contributed by atoms with Crippen molar-refractivity contribution in [2.75, 3.05) is 5.75 Å². The molecule has 15 heavy (non-hydrogen) atoms. The fourth-order valence-electron chi connectivity index (χ4n) is 1.19. The minimum absolute atomic E-state index is 0.0623. The Kier molecular flexibility index (Phi) is 4.13. The van der Waals surface area contributed by atoms with E-state index in [1.165, 1.54) is 6.07 Å². The van der Waals surface area contributed by atoms with E-state index >= 15 is 0 Å². The minimum Gasteiger partial charge on any atom is -0.327 e. The normalized spacial score (nSPS) is 13.8. The molecule has 0 bridgehead atoms. The number of halogens is 1. The number of hydrogen-bond acceptors (Lipinski definition) is 3. The van der Waals surface area contributed by atoms with Crippen molar-refractivity contribution in [3.8, 4) is 0 Å². The molecule has 0 aromatic heterocycles. The van der Waals surface area contributed by atoms with Gasteiger partial charge in [0.25, 0.3) is 0 Å². The van der Waals surface area contributed by atoms with Crippen molar-refractivity contribution in [2.24, 2.45) is 5.73 Å². The fraction of sp³-hybridized carbons (Fsp3) is 0.400. The van der Waals surface area contributed by atoms with Crippen LogP contribution in [0.2, 0.25) is 5.02 Å². The highest BCUT2D eigenvalue weighted by molar-refractivity contribution is 7.91. The van der Waals surface area contributed by atoms with Gasteiger partial charge in [0.2, 0.25) is 0 Å². The summed E-state index contributed by atoms with van der Waals surface area (Å²) in [6.45, 7) is 1.85. The summed E-state index contributed by atoms with van der Waals surface area (Å²) in [6, 6.07) is 6.06. The highest BCUT2D eigenvalue weighted by atomic mass is 35.5. The smallest absolute Gasteiger partial charge is 0.181 e. The number of hydrogen-bond donors (Lipinski definition) is 1. The van der Waals surface area contributed by atoms with Gasteiger partial charge in [-0.25, -0.2) is 8.42 Å². The predicted octanol–water partition coefficient (Wildman–Crippen LogP) is 1.85. The first-order valence-electron chi connectivity index (χ1n) is 4.70. The lowest BCUT2D eigenvalue weighted by molar-refractivity contribution is 0.584. The molecular formula is C10H14ClNO2S. The van der Waals surface area contributed by atoms with Crippen molar-refractivity contribution in [3.63, 3.8) is 0 Å². The van der Waals surface area contributed by atoms with Crippen LogP contribution in [0.5, 0.6) is 0 Å². The Morgan fingerprint density at radius 3 is 2.53 bits per heavy atom. The number of nitrogens with two attached hydrogens (primary N) is 1. The van der Waals surface area contributed by atoms with Crippen LogP contribution in [0, 0.1) is 0 Å². The molecule has 3 nitrogen and oxygen atoms in total. The highest BCUT2D eigenvalue weighted by Gasteiger charge is 2.20. The van der Waals surface area contributed by atoms with E-state index in [-0.39, 0.29) is 21.7 Å². The number of sulfone groups is 1. The molecular weight excluding hydrogens is 234 g/mol. The van der Waals surface area contributed by atoms with Crippen molar-refractivity contribution in [3.05, 3.63) is 29.3 Å². The molecule has 0 aliphatic heterocycles. The molecule has 0 spiro atoms. The minimum atomic E-state index is -3.36. The molecule has 2 N–H and O–H groups in total. The summed E-state index contributed by atoms with van der Waals surface area (Å²) < 4.78 is 23.7. The zero-order valence-corrected chi connectivity index (χ0v) is 10.1. The maximum absolute atomic E-state index is 11.9. The summed E-state index contributed by atoms with van der Waals surface area (Å²) >= 11 is 5.82. The molecule has 0 saturated heterocycles. The molecule has 1 rings (SSSR count). The Labute approximate surface area is 95.2 Å². The summed E-state index contributed by atoms with van der Waals surface area (Å²) in [5.41, 5.74) is 5.62. The van der Waals surface area contributed by atoms with Crippen LogP contribution in [0.15, 0.2) is 29.2 Å². The summed E-state index contributed by atoms with van der Waals surface area (Å²) in [7, 11) is -3.36. The number of benzene rings is 1. The van der Waals surface area contributed by atoms with Gasteiger partial charge < -0.3 is 5.73 Å². The molecule has 1 atom stereocenters. The second kappa shape index (κ2) is 4.96. The van der Waals surface area contributed by atoms with Crippen LogP contribution in [-0.2, 0) is 9.84 Å². The van der Waals surface area contributed by atoms with Crippen molar-refractivity contribution in [2.45, 2.75) is 24.3 Å². The van der Waals surface area contributed by atoms with Gasteiger partial charge in [0, 0.05) is 6.04 Å². The zero-order chi connectivity index (χ0) is 11.5. The molecule has 0 heterocycles. The van der Waals surface area contributed by atoms with Crippen LogP contribution in [0.1, 0.15) is 13.3 Å². The monoisotopic (exact) mass is 247 g/mol. The van der Waals surface area contributed by atoms with Crippen LogP contribution in [0.3, 0.4) is 0 Å². The standard InChI is InChI=1S/C10H14ClNO2S/c1-2-8(12)7-15(13,14)10-6-4-3-5-9(10)11/h3-6,8H,2,7,12H2,1H3. The first kappa shape index (κ1) is 12.5. The third-order valence-corrected chi connectivity index (χ3v) is 4.46. The molecule has 84 valence electrons. The lowest BCUT2D eigenvalue weighted by Crippen LogP contribution is -2.28. The van der Waals surface area contributed by atoms with Gasteiger partial charge in [-0.2, -0.15) is 0 Å². The van der Waals surface area contributed by atoms with Gasteiger partial charge in [-0.3, -0.25) is 0 Å². The lowest BCUT2D eigenvalue weighted by atomic mass is 10.3. The molecule has 0 amide bonds. The van der Waals surface area contributed by atoms with Crippen molar-refractivity contribution in [1.82, 2.24) is 0 Å². The van der Waals surface area contributed by atoms with Crippen molar-refractivity contribution < 1.29 is 8.42 Å². The Morgan fingerprint density at radius 2 is 2.00 bits per heavy atom. The van der Waals surface area contributed by atoms with Crippen LogP contribution >= 0.6 is 11.6 Å². The Morgan fingerprint density at radius 1 is 1.40 bits per heavy atom. The summed E-state index contributed by atoms with van der Waals surface area (Å²) in [5, 5.41) is 0.251. The first-order chi connectivity index (χ1) is 6.97. The maximum Gasteiger partial charge on any atom is 0.181 e. The first-order valence-corrected chi connectivity index (χ1v) is 6.73. The molecule has 1 aromatic carbocycles. The van der Waals surface area contributed by atoms with Crippen LogP contribution in [-0.4, -0.2) is 20.2 Å². The summed E-state index contributed by atoms with van der Waals surface area (Å²) in [4.78, 5) is 0.163. The molecule has 0 aliphatic carbocycles. The predicted molar refractivity (Wildman–Crippen MR) is 61.8 cm³/mol. The van der Waals surface area contributed by atoms with Gasteiger partial charge in [0.05, 0.1) is 15.7 Å². The summed E-state index contributed by atoms with van der Waals surface area (Å²) in [6.07, 6.45) is 0.629. The molecule has 0 fully saturated rings. The van der Waals surface area contributed by atoms with E-state index in [0.717, 1.165) is 0 Å². The highest BCUT2D eigenvalue weighted by Crippen LogP contribution is 2.22. The van der Waals surface area contributed by atoms with Gasteiger partial charge >= 0.3 is 0 Å². The molecule has 0 radical (unpaired) electrons. The fourth-order valence-corrected chi connectivity index (χ4v) is 3.30. The second-order valence-electron chi connectivity index (χ2n) is 3.38. The van der Waals surface area contributed by atoms with E-state index in [0.29, 0.717) is 6.42 Å². The molecule has 5 heteroatoms. The van der Waals surface area contributed by atoms with E-state index in [9.17, 15) is 8.42 Å². The Balaban J connectivity index is 3.02. The largest absolute Gasteiger partial charge is 0.327 e. The van der Waals surface area contributed by atoms with Crippen LogP contribution < -0.4 is 5.73 Å². The van der Waals surface area contributed by atoms with Crippen molar-refractivity contribution in [1.29, 1.82) is 0 Å². The SMILES string of the molecule is CCC(N)CS(=O)(=O)c1ccccc1Cl.